The number of carbonyl (C=O) groups excluding carboxylic acids is 2. The highest BCUT2D eigenvalue weighted by molar-refractivity contribution is 7.92. The van der Waals surface area contributed by atoms with E-state index in [1.165, 1.54) is 44.5 Å². The molecule has 2 N–H and O–H groups in total. The van der Waals surface area contributed by atoms with Gasteiger partial charge in [0.25, 0.3) is 15.9 Å². The van der Waals surface area contributed by atoms with E-state index in [1.54, 1.807) is 37.3 Å². The molecular weight excluding hydrogens is 460 g/mol. The van der Waals surface area contributed by atoms with Crippen LogP contribution in [0, 0.1) is 6.92 Å². The van der Waals surface area contributed by atoms with Crippen LogP contribution in [0.1, 0.15) is 12.6 Å². The van der Waals surface area contributed by atoms with E-state index < -0.39 is 27.8 Å². The number of ketones is 1. The van der Waals surface area contributed by atoms with Crippen molar-refractivity contribution in [1.82, 2.24) is 9.97 Å². The number of methoxy groups -OCH3 is 1. The van der Waals surface area contributed by atoms with Crippen molar-refractivity contribution in [3.8, 4) is 5.75 Å². The molecular formula is C22H22N6O5S. The Hall–Kier alpha value is -4.19. The number of Topliss-reactive ketones (excluding diaryl/α,β-unsaturated/α-hetero) is 1. The number of nitrogens with zero attached hydrogens (tertiary/aromatic N) is 4. The van der Waals surface area contributed by atoms with Crippen molar-refractivity contribution in [2.45, 2.75) is 24.8 Å². The Balaban J connectivity index is 1.73. The number of aryl methyl sites for hydroxylation is 1. The molecule has 1 heterocycles. The molecule has 0 radical (unpaired) electrons. The molecule has 0 bridgehead atoms. The van der Waals surface area contributed by atoms with Crippen molar-refractivity contribution < 1.29 is 22.7 Å². The van der Waals surface area contributed by atoms with Crippen LogP contribution < -0.4 is 14.8 Å². The van der Waals surface area contributed by atoms with Gasteiger partial charge in [-0.2, -0.15) is 10.2 Å². The average molecular weight is 483 g/mol. The molecule has 0 aliphatic heterocycles. The van der Waals surface area contributed by atoms with Crippen LogP contribution in [0.15, 0.2) is 75.9 Å². The standard InChI is InChI=1S/C22H22N6O5S/c1-14-12-13-23-22(24-14)28-34(31,32)17-10-8-16(9-11-17)26-27-20(15(2)29)21(30)25-18-6-4-5-7-19(18)33-3/h4-13,20H,1-3H3,(H,25,30)(H,23,24,28)/t20-/m0/s1. The van der Waals surface area contributed by atoms with Gasteiger partial charge in [-0.1, -0.05) is 12.1 Å². The molecule has 0 unspecified atom stereocenters. The maximum Gasteiger partial charge on any atom is 0.264 e. The molecule has 0 aliphatic carbocycles. The maximum absolute atomic E-state index is 12.6. The van der Waals surface area contributed by atoms with E-state index in [4.69, 9.17) is 4.74 Å². The van der Waals surface area contributed by atoms with Crippen molar-refractivity contribution in [2.24, 2.45) is 10.2 Å². The number of aromatic nitrogens is 2. The number of ether oxygens (including phenoxy) is 1. The molecule has 0 fully saturated rings. The van der Waals surface area contributed by atoms with E-state index in [0.717, 1.165) is 0 Å². The summed E-state index contributed by atoms with van der Waals surface area (Å²) in [5.41, 5.74) is 1.25. The first kappa shape index (κ1) is 24.5. The van der Waals surface area contributed by atoms with E-state index in [0.29, 0.717) is 17.1 Å². The van der Waals surface area contributed by atoms with E-state index in [9.17, 15) is 18.0 Å². The van der Waals surface area contributed by atoms with Crippen molar-refractivity contribution in [2.75, 3.05) is 17.1 Å². The summed E-state index contributed by atoms with van der Waals surface area (Å²) in [6.07, 6.45) is 1.44. The number of amides is 1. The minimum absolute atomic E-state index is 0.0471. The number of sulfonamides is 1. The number of benzene rings is 2. The van der Waals surface area contributed by atoms with Crippen LogP contribution in [0.3, 0.4) is 0 Å². The zero-order valence-electron chi connectivity index (χ0n) is 18.6. The molecule has 3 rings (SSSR count). The number of hydrogen-bond acceptors (Lipinski definition) is 9. The third kappa shape index (κ3) is 6.19. The van der Waals surface area contributed by atoms with E-state index in [1.807, 2.05) is 0 Å². The van der Waals surface area contributed by atoms with Gasteiger partial charge in [-0.25, -0.2) is 23.1 Å². The average Bonchev–Trinajstić information content (AvgIpc) is 2.79. The monoisotopic (exact) mass is 482 g/mol. The zero-order chi connectivity index (χ0) is 24.7. The molecule has 1 atom stereocenters. The number of hydrogen-bond donors (Lipinski definition) is 2. The number of para-hydroxylation sites is 2. The molecule has 1 aromatic heterocycles. The fraction of sp³-hybridized carbons (Fsp3) is 0.182. The Kier molecular flexibility index (Phi) is 7.64. The second-order valence-electron chi connectivity index (χ2n) is 7.04. The largest absolute Gasteiger partial charge is 0.495 e. The highest BCUT2D eigenvalue weighted by Crippen LogP contribution is 2.24. The summed E-state index contributed by atoms with van der Waals surface area (Å²) in [5.74, 6) is -0.814. The topological polar surface area (TPSA) is 152 Å². The van der Waals surface area contributed by atoms with Gasteiger partial charge < -0.3 is 10.1 Å². The minimum Gasteiger partial charge on any atom is -0.495 e. The van der Waals surface area contributed by atoms with Crippen LogP contribution in [0.2, 0.25) is 0 Å². The Morgan fingerprint density at radius 2 is 1.76 bits per heavy atom. The number of azo groups is 1. The first-order chi connectivity index (χ1) is 16.2. The van der Waals surface area contributed by atoms with Crippen LogP contribution in [-0.2, 0) is 19.6 Å². The fourth-order valence-corrected chi connectivity index (χ4v) is 3.71. The van der Waals surface area contributed by atoms with Gasteiger partial charge >= 0.3 is 0 Å². The molecule has 12 heteroatoms. The summed E-state index contributed by atoms with van der Waals surface area (Å²) in [6.45, 7) is 2.93. The highest BCUT2D eigenvalue weighted by Gasteiger charge is 2.24. The maximum atomic E-state index is 12.6. The predicted octanol–water partition coefficient (Wildman–Crippen LogP) is 3.27. The van der Waals surface area contributed by atoms with Gasteiger partial charge in [0.05, 0.1) is 23.4 Å². The lowest BCUT2D eigenvalue weighted by Gasteiger charge is -2.12. The normalized spacial score (nSPS) is 12.2. The molecule has 0 aliphatic rings. The Labute approximate surface area is 196 Å². The summed E-state index contributed by atoms with van der Waals surface area (Å²) in [7, 11) is -2.46. The molecule has 34 heavy (non-hydrogen) atoms. The minimum atomic E-state index is -3.92. The number of rotatable bonds is 9. The first-order valence-corrected chi connectivity index (χ1v) is 11.5. The van der Waals surface area contributed by atoms with Crippen LogP contribution in [0.4, 0.5) is 17.3 Å². The summed E-state index contributed by atoms with van der Waals surface area (Å²) in [4.78, 5) is 32.4. The number of carbonyl (C=O) groups is 2. The van der Waals surface area contributed by atoms with Crippen molar-refractivity contribution >= 4 is 39.0 Å². The van der Waals surface area contributed by atoms with Gasteiger partial charge in [0.15, 0.2) is 5.78 Å². The SMILES string of the molecule is COc1ccccc1NC(=O)[C@@H](N=Nc1ccc(S(=O)(=O)Nc2nccc(C)n2)cc1)C(C)=O. The van der Waals surface area contributed by atoms with E-state index in [-0.39, 0.29) is 16.5 Å². The van der Waals surface area contributed by atoms with Crippen molar-refractivity contribution in [3.05, 3.63) is 66.5 Å². The van der Waals surface area contributed by atoms with Crippen LogP contribution in [0.25, 0.3) is 0 Å². The van der Waals surface area contributed by atoms with Gasteiger partial charge in [0.2, 0.25) is 12.0 Å². The predicted molar refractivity (Wildman–Crippen MR) is 125 cm³/mol. The lowest BCUT2D eigenvalue weighted by Crippen LogP contribution is -2.31. The van der Waals surface area contributed by atoms with Gasteiger partial charge in [-0.3, -0.25) is 9.59 Å². The summed E-state index contributed by atoms with van der Waals surface area (Å²) >= 11 is 0. The second-order valence-corrected chi connectivity index (χ2v) is 8.72. The molecule has 2 aromatic carbocycles. The van der Waals surface area contributed by atoms with Gasteiger partial charge in [-0.15, -0.1) is 0 Å². The molecule has 0 spiro atoms. The Morgan fingerprint density at radius 3 is 2.41 bits per heavy atom. The quantitative estimate of drug-likeness (QED) is 0.351. The van der Waals surface area contributed by atoms with Crippen molar-refractivity contribution in [3.63, 3.8) is 0 Å². The van der Waals surface area contributed by atoms with Crippen LogP contribution >= 0.6 is 0 Å². The fourth-order valence-electron chi connectivity index (χ4n) is 2.76. The molecule has 11 nitrogen and oxygen atoms in total. The molecule has 1 amide bonds. The highest BCUT2D eigenvalue weighted by atomic mass is 32.2. The third-order valence-corrected chi connectivity index (χ3v) is 5.80. The molecule has 176 valence electrons. The van der Waals surface area contributed by atoms with Crippen LogP contribution in [-0.4, -0.2) is 43.2 Å². The molecule has 0 saturated heterocycles. The molecule has 3 aromatic rings. The number of anilines is 2. The third-order valence-electron chi connectivity index (χ3n) is 4.45. The number of nitrogens with one attached hydrogen (secondary N) is 2. The smallest absolute Gasteiger partial charge is 0.264 e. The summed E-state index contributed by atoms with van der Waals surface area (Å²) in [5, 5.41) is 10.4. The lowest BCUT2D eigenvalue weighted by atomic mass is 10.2. The zero-order valence-corrected chi connectivity index (χ0v) is 19.4. The second kappa shape index (κ2) is 10.6. The van der Waals surface area contributed by atoms with Gasteiger partial charge in [0, 0.05) is 11.9 Å². The van der Waals surface area contributed by atoms with Crippen molar-refractivity contribution in [1.29, 1.82) is 0 Å². The van der Waals surface area contributed by atoms with Gasteiger partial charge in [-0.05, 0) is 56.3 Å². The Morgan fingerprint density at radius 1 is 1.06 bits per heavy atom. The van der Waals surface area contributed by atoms with Crippen LogP contribution in [0.5, 0.6) is 5.75 Å². The van der Waals surface area contributed by atoms with E-state index in [2.05, 4.69) is 30.2 Å². The molecule has 0 saturated carbocycles. The summed E-state index contributed by atoms with van der Waals surface area (Å²) < 4.78 is 32.6. The lowest BCUT2D eigenvalue weighted by molar-refractivity contribution is -0.126. The summed E-state index contributed by atoms with van der Waals surface area (Å²) in [6, 6.07) is 12.4. The Bertz CT molecular complexity index is 1330. The first-order valence-electron chi connectivity index (χ1n) is 9.97. The van der Waals surface area contributed by atoms with E-state index >= 15 is 0 Å². The van der Waals surface area contributed by atoms with Gasteiger partial charge in [0.1, 0.15) is 5.75 Å².